The van der Waals surface area contributed by atoms with Gasteiger partial charge in [0.05, 0.1) is 0 Å². The zero-order valence-corrected chi connectivity index (χ0v) is 15.9. The molecule has 2 aromatic rings. The number of likely N-dealkylation sites (tertiary alicyclic amines) is 1. The molecule has 2 aromatic carbocycles. The Hall–Kier alpha value is -2.82. The number of hydrogen-bond acceptors (Lipinski definition) is 3. The van der Waals surface area contributed by atoms with E-state index in [1.54, 1.807) is 0 Å². The predicted octanol–water partition coefficient (Wildman–Crippen LogP) is 3.83. The first-order valence-corrected chi connectivity index (χ1v) is 9.36. The molecule has 0 radical (unpaired) electrons. The molecule has 1 fully saturated rings. The minimum Gasteiger partial charge on any atom is -0.445 e. The summed E-state index contributed by atoms with van der Waals surface area (Å²) < 4.78 is 5.27. The van der Waals surface area contributed by atoms with E-state index in [1.807, 2.05) is 67.3 Å². The van der Waals surface area contributed by atoms with E-state index in [2.05, 4.69) is 5.32 Å². The Kier molecular flexibility index (Phi) is 6.12. The van der Waals surface area contributed by atoms with Gasteiger partial charge in [-0.15, -0.1) is 0 Å². The molecule has 0 atom stereocenters. The highest BCUT2D eigenvalue weighted by atomic mass is 16.5. The molecule has 2 amide bonds. The van der Waals surface area contributed by atoms with Gasteiger partial charge in [0.2, 0.25) is 0 Å². The standard InChI is InChI=1S/C22H26N2O3/c1-16-8-9-19(14-17(16)2)21(25)24-12-10-20(11-13-24)23-22(26)27-15-18-6-4-3-5-7-18/h3-9,14,20H,10-13,15H2,1-2H3,(H,23,26). The molecule has 0 saturated carbocycles. The maximum Gasteiger partial charge on any atom is 0.407 e. The number of amides is 2. The summed E-state index contributed by atoms with van der Waals surface area (Å²) in [5.41, 5.74) is 4.00. The fourth-order valence-electron chi connectivity index (χ4n) is 3.22. The highest BCUT2D eigenvalue weighted by molar-refractivity contribution is 5.94. The smallest absolute Gasteiger partial charge is 0.407 e. The Labute approximate surface area is 160 Å². The van der Waals surface area contributed by atoms with Gasteiger partial charge in [0.25, 0.3) is 5.91 Å². The summed E-state index contributed by atoms with van der Waals surface area (Å²) in [7, 11) is 0. The van der Waals surface area contributed by atoms with Gasteiger partial charge in [-0.2, -0.15) is 0 Å². The molecule has 1 aliphatic heterocycles. The minimum atomic E-state index is -0.405. The number of piperidine rings is 1. The third-order valence-corrected chi connectivity index (χ3v) is 5.07. The van der Waals surface area contributed by atoms with Gasteiger partial charge in [-0.05, 0) is 55.5 Å². The third kappa shape index (κ3) is 5.09. The molecule has 3 rings (SSSR count). The first kappa shape index (κ1) is 19.0. The first-order chi connectivity index (χ1) is 13.0. The molecule has 0 spiro atoms. The van der Waals surface area contributed by atoms with Crippen molar-refractivity contribution in [1.82, 2.24) is 10.2 Å². The molecule has 1 N–H and O–H groups in total. The Morgan fingerprint density at radius 3 is 2.41 bits per heavy atom. The van der Waals surface area contributed by atoms with Crippen LogP contribution in [0, 0.1) is 13.8 Å². The van der Waals surface area contributed by atoms with Crippen molar-refractivity contribution in [2.45, 2.75) is 39.3 Å². The van der Waals surface area contributed by atoms with Crippen molar-refractivity contribution in [3.05, 3.63) is 70.8 Å². The normalized spacial score (nSPS) is 14.7. The minimum absolute atomic E-state index is 0.0390. The molecule has 1 aliphatic rings. The number of nitrogens with one attached hydrogen (secondary N) is 1. The zero-order valence-electron chi connectivity index (χ0n) is 15.9. The second kappa shape index (κ2) is 8.71. The number of nitrogens with zero attached hydrogens (tertiary/aromatic N) is 1. The highest BCUT2D eigenvalue weighted by Gasteiger charge is 2.25. The van der Waals surface area contributed by atoms with Gasteiger partial charge < -0.3 is 15.0 Å². The van der Waals surface area contributed by atoms with Gasteiger partial charge in [-0.1, -0.05) is 36.4 Å². The van der Waals surface area contributed by atoms with Crippen molar-refractivity contribution >= 4 is 12.0 Å². The first-order valence-electron chi connectivity index (χ1n) is 9.36. The fraction of sp³-hybridized carbons (Fsp3) is 0.364. The van der Waals surface area contributed by atoms with Gasteiger partial charge in [-0.3, -0.25) is 4.79 Å². The van der Waals surface area contributed by atoms with E-state index in [0.717, 1.165) is 29.5 Å². The monoisotopic (exact) mass is 366 g/mol. The molecule has 0 aromatic heterocycles. The predicted molar refractivity (Wildman–Crippen MR) is 105 cm³/mol. The van der Waals surface area contributed by atoms with Crippen LogP contribution in [-0.4, -0.2) is 36.0 Å². The average Bonchev–Trinajstić information content (AvgIpc) is 2.69. The van der Waals surface area contributed by atoms with Crippen LogP contribution < -0.4 is 5.32 Å². The number of alkyl carbamates (subject to hydrolysis) is 1. The third-order valence-electron chi connectivity index (χ3n) is 5.07. The second-order valence-electron chi connectivity index (χ2n) is 7.07. The van der Waals surface area contributed by atoms with Crippen LogP contribution in [0.1, 0.15) is 39.9 Å². The van der Waals surface area contributed by atoms with Crippen molar-refractivity contribution in [1.29, 1.82) is 0 Å². The molecule has 0 aliphatic carbocycles. The maximum absolute atomic E-state index is 12.7. The Morgan fingerprint density at radius 2 is 1.74 bits per heavy atom. The number of benzene rings is 2. The fourth-order valence-corrected chi connectivity index (χ4v) is 3.22. The molecule has 1 saturated heterocycles. The van der Waals surface area contributed by atoms with Gasteiger partial charge in [-0.25, -0.2) is 4.79 Å². The lowest BCUT2D eigenvalue weighted by Crippen LogP contribution is -2.46. The maximum atomic E-state index is 12.7. The molecule has 0 unspecified atom stereocenters. The van der Waals surface area contributed by atoms with Crippen LogP contribution in [0.25, 0.3) is 0 Å². The summed E-state index contributed by atoms with van der Waals surface area (Å²) in [6.45, 7) is 5.59. The molecule has 5 nitrogen and oxygen atoms in total. The summed E-state index contributed by atoms with van der Waals surface area (Å²) in [6.07, 6.45) is 1.06. The summed E-state index contributed by atoms with van der Waals surface area (Å²) in [5, 5.41) is 2.91. The summed E-state index contributed by atoms with van der Waals surface area (Å²) in [6, 6.07) is 15.5. The van der Waals surface area contributed by atoms with Gasteiger partial charge in [0.15, 0.2) is 0 Å². The highest BCUT2D eigenvalue weighted by Crippen LogP contribution is 2.16. The number of aryl methyl sites for hydroxylation is 2. The van der Waals surface area contributed by atoms with Gasteiger partial charge in [0.1, 0.15) is 6.61 Å². The molecule has 0 bridgehead atoms. The zero-order chi connectivity index (χ0) is 19.2. The number of rotatable bonds is 4. The van der Waals surface area contributed by atoms with E-state index >= 15 is 0 Å². The van der Waals surface area contributed by atoms with E-state index in [-0.39, 0.29) is 18.6 Å². The quantitative estimate of drug-likeness (QED) is 0.894. The van der Waals surface area contributed by atoms with E-state index < -0.39 is 6.09 Å². The number of ether oxygens (including phenoxy) is 1. The number of hydrogen-bond donors (Lipinski definition) is 1. The van der Waals surface area contributed by atoms with Crippen molar-refractivity contribution in [3.8, 4) is 0 Å². The lowest BCUT2D eigenvalue weighted by Gasteiger charge is -2.32. The van der Waals surface area contributed by atoms with Crippen LogP contribution in [-0.2, 0) is 11.3 Å². The Balaban J connectivity index is 1.45. The van der Waals surface area contributed by atoms with Crippen molar-refractivity contribution in [3.63, 3.8) is 0 Å². The van der Waals surface area contributed by atoms with Crippen LogP contribution in [0.2, 0.25) is 0 Å². The topological polar surface area (TPSA) is 58.6 Å². The average molecular weight is 366 g/mol. The Morgan fingerprint density at radius 1 is 1.04 bits per heavy atom. The van der Waals surface area contributed by atoms with Crippen molar-refractivity contribution in [2.75, 3.05) is 13.1 Å². The summed E-state index contributed by atoms with van der Waals surface area (Å²) in [5.74, 6) is 0.0585. The number of carbonyl (C=O) groups excluding carboxylic acids is 2. The lowest BCUT2D eigenvalue weighted by atomic mass is 10.0. The summed E-state index contributed by atoms with van der Waals surface area (Å²) >= 11 is 0. The van der Waals surface area contributed by atoms with Gasteiger partial charge >= 0.3 is 6.09 Å². The lowest BCUT2D eigenvalue weighted by molar-refractivity contribution is 0.0700. The SMILES string of the molecule is Cc1ccc(C(=O)N2CCC(NC(=O)OCc3ccccc3)CC2)cc1C. The molecule has 27 heavy (non-hydrogen) atoms. The van der Waals surface area contributed by atoms with E-state index in [4.69, 9.17) is 4.74 Å². The van der Waals surface area contributed by atoms with Crippen LogP contribution in [0.5, 0.6) is 0 Å². The van der Waals surface area contributed by atoms with Crippen molar-refractivity contribution < 1.29 is 14.3 Å². The molecular weight excluding hydrogens is 340 g/mol. The molecule has 1 heterocycles. The molecule has 5 heteroatoms. The van der Waals surface area contributed by atoms with Crippen LogP contribution >= 0.6 is 0 Å². The van der Waals surface area contributed by atoms with Crippen LogP contribution in [0.15, 0.2) is 48.5 Å². The van der Waals surface area contributed by atoms with Crippen LogP contribution in [0.3, 0.4) is 0 Å². The van der Waals surface area contributed by atoms with Gasteiger partial charge in [0, 0.05) is 24.7 Å². The Bertz CT molecular complexity index is 796. The summed E-state index contributed by atoms with van der Waals surface area (Å²) in [4.78, 5) is 26.5. The number of carbonyl (C=O) groups is 2. The van der Waals surface area contributed by atoms with E-state index in [9.17, 15) is 9.59 Å². The van der Waals surface area contributed by atoms with Crippen molar-refractivity contribution in [2.24, 2.45) is 0 Å². The van der Waals surface area contributed by atoms with Crippen LogP contribution in [0.4, 0.5) is 4.79 Å². The largest absolute Gasteiger partial charge is 0.445 e. The molecule has 142 valence electrons. The molecular formula is C22H26N2O3. The van der Waals surface area contributed by atoms with E-state index in [0.29, 0.717) is 13.1 Å². The second-order valence-corrected chi connectivity index (χ2v) is 7.07. The van der Waals surface area contributed by atoms with E-state index in [1.165, 1.54) is 5.56 Å².